The number of halogens is 1. The summed E-state index contributed by atoms with van der Waals surface area (Å²) in [4.78, 5) is 7.22. The fraction of sp³-hybridized carbons (Fsp3) is 0.550. The Bertz CT molecular complexity index is 778. The normalized spacial score (nSPS) is 16.0. The summed E-state index contributed by atoms with van der Waals surface area (Å²) >= 11 is 0. The number of hydrogen-bond acceptors (Lipinski definition) is 4. The van der Waals surface area contributed by atoms with E-state index in [0.29, 0.717) is 12.6 Å². The maximum absolute atomic E-state index is 4.74. The zero-order chi connectivity index (χ0) is 19.1. The average molecular weight is 497 g/mol. The van der Waals surface area contributed by atoms with E-state index in [1.54, 1.807) is 0 Å². The summed E-state index contributed by atoms with van der Waals surface area (Å²) in [6, 6.07) is 6.40. The van der Waals surface area contributed by atoms with E-state index < -0.39 is 0 Å². The van der Waals surface area contributed by atoms with Crippen LogP contribution in [-0.2, 0) is 6.42 Å². The van der Waals surface area contributed by atoms with E-state index in [-0.39, 0.29) is 24.0 Å². The summed E-state index contributed by atoms with van der Waals surface area (Å²) in [5.74, 6) is 1.84. The summed E-state index contributed by atoms with van der Waals surface area (Å²) in [5, 5.41) is 15.4. The van der Waals surface area contributed by atoms with Crippen molar-refractivity contribution in [1.29, 1.82) is 0 Å². The second-order valence-corrected chi connectivity index (χ2v) is 7.21. The predicted molar refractivity (Wildman–Crippen MR) is 125 cm³/mol. The van der Waals surface area contributed by atoms with Crippen molar-refractivity contribution >= 4 is 35.6 Å². The van der Waals surface area contributed by atoms with E-state index in [0.717, 1.165) is 62.9 Å². The molecule has 28 heavy (non-hydrogen) atoms. The highest BCUT2D eigenvalue weighted by Gasteiger charge is 2.19. The molecule has 1 aliphatic heterocycles. The van der Waals surface area contributed by atoms with Crippen LogP contribution < -0.4 is 10.6 Å². The number of nitrogens with zero attached hydrogens (tertiary/aromatic N) is 5. The number of likely N-dealkylation sites (tertiary alicyclic amines) is 1. The van der Waals surface area contributed by atoms with Crippen LogP contribution in [0.1, 0.15) is 32.5 Å². The maximum Gasteiger partial charge on any atom is 0.191 e. The molecule has 2 aromatic rings. The molecule has 1 saturated heterocycles. The van der Waals surface area contributed by atoms with Crippen LogP contribution in [-0.4, -0.2) is 64.2 Å². The number of hydrogen-bond donors (Lipinski definition) is 2. The van der Waals surface area contributed by atoms with E-state index in [1.165, 1.54) is 5.57 Å². The Morgan fingerprint density at radius 3 is 2.79 bits per heavy atom. The van der Waals surface area contributed by atoms with Gasteiger partial charge in [-0.2, -0.15) is 0 Å². The third-order valence-electron chi connectivity index (χ3n) is 4.76. The van der Waals surface area contributed by atoms with E-state index in [1.807, 2.05) is 28.8 Å². The number of pyridine rings is 1. The van der Waals surface area contributed by atoms with Crippen molar-refractivity contribution in [3.8, 4) is 0 Å². The highest BCUT2D eigenvalue weighted by atomic mass is 127. The second-order valence-electron chi connectivity index (χ2n) is 7.21. The monoisotopic (exact) mass is 497 g/mol. The van der Waals surface area contributed by atoms with Gasteiger partial charge in [0.25, 0.3) is 0 Å². The molecule has 0 aromatic carbocycles. The molecule has 0 bridgehead atoms. The molecule has 2 N–H and O–H groups in total. The Morgan fingerprint density at radius 2 is 2.07 bits per heavy atom. The second kappa shape index (κ2) is 11.4. The van der Waals surface area contributed by atoms with E-state index in [2.05, 4.69) is 46.2 Å². The molecule has 0 amide bonds. The van der Waals surface area contributed by atoms with Gasteiger partial charge in [-0.3, -0.25) is 14.3 Å². The lowest BCUT2D eigenvalue weighted by molar-refractivity contribution is 0.221. The first kappa shape index (κ1) is 22.6. The van der Waals surface area contributed by atoms with Crippen molar-refractivity contribution in [3.63, 3.8) is 0 Å². The number of aliphatic imine (C=N–C) groups is 1. The van der Waals surface area contributed by atoms with Crippen LogP contribution >= 0.6 is 24.0 Å². The molecule has 1 fully saturated rings. The maximum atomic E-state index is 4.74. The van der Waals surface area contributed by atoms with Gasteiger partial charge in [0.2, 0.25) is 0 Å². The molecule has 3 heterocycles. The largest absolute Gasteiger partial charge is 0.357 e. The molecular weight excluding hydrogens is 465 g/mol. The molecule has 7 nitrogen and oxygen atoms in total. The average Bonchev–Trinajstić information content (AvgIpc) is 3.06. The highest BCUT2D eigenvalue weighted by Crippen LogP contribution is 2.11. The van der Waals surface area contributed by atoms with Crippen LogP contribution in [0, 0.1) is 0 Å². The Morgan fingerprint density at radius 1 is 1.29 bits per heavy atom. The summed E-state index contributed by atoms with van der Waals surface area (Å²) in [5.41, 5.74) is 2.11. The van der Waals surface area contributed by atoms with Crippen molar-refractivity contribution in [3.05, 3.63) is 42.4 Å². The number of rotatable bonds is 7. The fourth-order valence-electron chi connectivity index (χ4n) is 3.46. The number of fused-ring (bicyclic) bond motifs is 1. The van der Waals surface area contributed by atoms with Crippen LogP contribution in [0.4, 0.5) is 0 Å². The molecule has 0 saturated carbocycles. The summed E-state index contributed by atoms with van der Waals surface area (Å²) < 4.78 is 2.02. The Hall–Kier alpha value is -1.68. The van der Waals surface area contributed by atoms with Gasteiger partial charge in [0.1, 0.15) is 5.82 Å². The Labute approximate surface area is 184 Å². The van der Waals surface area contributed by atoms with Gasteiger partial charge in [0.05, 0.1) is 0 Å². The molecular formula is C20H32IN7. The van der Waals surface area contributed by atoms with E-state index in [4.69, 9.17) is 4.99 Å². The predicted octanol–water partition coefficient (Wildman–Crippen LogP) is 2.49. The van der Waals surface area contributed by atoms with Crippen LogP contribution in [0.5, 0.6) is 0 Å². The summed E-state index contributed by atoms with van der Waals surface area (Å²) in [6.07, 6.45) is 5.02. The van der Waals surface area contributed by atoms with Gasteiger partial charge in [-0.25, -0.2) is 0 Å². The van der Waals surface area contributed by atoms with Crippen LogP contribution in [0.25, 0.3) is 5.65 Å². The molecule has 0 unspecified atom stereocenters. The van der Waals surface area contributed by atoms with Crippen molar-refractivity contribution in [2.45, 2.75) is 39.2 Å². The lowest BCUT2D eigenvalue weighted by Crippen LogP contribution is -2.49. The van der Waals surface area contributed by atoms with Gasteiger partial charge in [-0.15, -0.1) is 34.2 Å². The zero-order valence-electron chi connectivity index (χ0n) is 16.9. The van der Waals surface area contributed by atoms with Gasteiger partial charge in [0, 0.05) is 51.4 Å². The number of piperidine rings is 1. The van der Waals surface area contributed by atoms with E-state index in [9.17, 15) is 0 Å². The third kappa shape index (κ3) is 6.44. The smallest absolute Gasteiger partial charge is 0.191 e. The van der Waals surface area contributed by atoms with Crippen LogP contribution in [0.3, 0.4) is 0 Å². The van der Waals surface area contributed by atoms with Crippen molar-refractivity contribution in [1.82, 2.24) is 30.1 Å². The van der Waals surface area contributed by atoms with Crippen molar-refractivity contribution in [2.75, 3.05) is 32.7 Å². The molecule has 154 valence electrons. The van der Waals surface area contributed by atoms with Gasteiger partial charge >= 0.3 is 0 Å². The number of guanidine groups is 1. The molecule has 1 aliphatic rings. The quantitative estimate of drug-likeness (QED) is 0.266. The molecule has 2 aromatic heterocycles. The SMILES string of the molecule is C=C(C)CN1CCC(NC(=NCCc2nnc3ccccn23)NCC)CC1.I. The first-order valence-corrected chi connectivity index (χ1v) is 9.86. The van der Waals surface area contributed by atoms with Crippen LogP contribution in [0.15, 0.2) is 41.5 Å². The topological polar surface area (TPSA) is 69.8 Å². The standard InChI is InChI=1S/C20H31N7.HI/c1-4-21-20(23-17-9-13-26(14-10-17)15-16(2)3)22-11-8-19-25-24-18-7-5-6-12-27(18)19;/h5-7,12,17H,2,4,8-11,13-15H2,1,3H3,(H2,21,22,23);1H. The molecule has 0 aliphatic carbocycles. The molecule has 8 heteroatoms. The molecule has 0 spiro atoms. The molecule has 3 rings (SSSR count). The first-order valence-electron chi connectivity index (χ1n) is 9.86. The zero-order valence-corrected chi connectivity index (χ0v) is 19.2. The summed E-state index contributed by atoms with van der Waals surface area (Å²) in [6.45, 7) is 13.0. The van der Waals surface area contributed by atoms with Gasteiger partial charge < -0.3 is 10.6 Å². The Balaban J connectivity index is 0.00000280. The fourth-order valence-corrected chi connectivity index (χ4v) is 3.46. The minimum absolute atomic E-state index is 0. The number of aromatic nitrogens is 3. The minimum Gasteiger partial charge on any atom is -0.357 e. The lowest BCUT2D eigenvalue weighted by atomic mass is 10.0. The van der Waals surface area contributed by atoms with Gasteiger partial charge in [-0.1, -0.05) is 18.2 Å². The van der Waals surface area contributed by atoms with Crippen molar-refractivity contribution in [2.24, 2.45) is 4.99 Å². The van der Waals surface area contributed by atoms with E-state index >= 15 is 0 Å². The highest BCUT2D eigenvalue weighted by molar-refractivity contribution is 14.0. The number of nitrogens with one attached hydrogen (secondary N) is 2. The molecule has 0 atom stereocenters. The lowest BCUT2D eigenvalue weighted by Gasteiger charge is -2.33. The third-order valence-corrected chi connectivity index (χ3v) is 4.76. The van der Waals surface area contributed by atoms with Gasteiger partial charge in [-0.05, 0) is 38.8 Å². The van der Waals surface area contributed by atoms with Crippen molar-refractivity contribution < 1.29 is 0 Å². The minimum atomic E-state index is 0. The summed E-state index contributed by atoms with van der Waals surface area (Å²) in [7, 11) is 0. The van der Waals surface area contributed by atoms with Gasteiger partial charge in [0.15, 0.2) is 11.6 Å². The Kier molecular flexibility index (Phi) is 9.17. The first-order chi connectivity index (χ1) is 13.2. The molecule has 0 radical (unpaired) electrons. The van der Waals surface area contributed by atoms with Crippen LogP contribution in [0.2, 0.25) is 0 Å².